The first-order valence-electron chi connectivity index (χ1n) is 10.8. The Bertz CT molecular complexity index is 1480. The van der Waals surface area contributed by atoms with Crippen molar-refractivity contribution in [1.82, 2.24) is 15.0 Å². The molecule has 0 aliphatic heterocycles. The molecule has 0 aliphatic carbocycles. The van der Waals surface area contributed by atoms with E-state index in [1.165, 1.54) is 0 Å². The highest BCUT2D eigenvalue weighted by atomic mass is 32.1. The Morgan fingerprint density at radius 3 is 1.70 bits per heavy atom. The molecule has 0 unspecified atom stereocenters. The van der Waals surface area contributed by atoms with E-state index < -0.39 is 0 Å². The first-order valence-corrected chi connectivity index (χ1v) is 11.6. The lowest BCUT2D eigenvalue weighted by atomic mass is 10.1. The zero-order chi connectivity index (χ0) is 22.0. The van der Waals surface area contributed by atoms with E-state index in [0.29, 0.717) is 0 Å². The lowest BCUT2D eigenvalue weighted by molar-refractivity contribution is 1.18. The first-order chi connectivity index (χ1) is 16.3. The summed E-state index contributed by atoms with van der Waals surface area (Å²) in [5, 5.41) is 1.03. The molecular weight excluding hydrogens is 422 g/mol. The van der Waals surface area contributed by atoms with Gasteiger partial charge in [0.1, 0.15) is 5.01 Å². The molecule has 2 heterocycles. The SMILES string of the molecule is c1ccc(-c2cc(-c3ccc4nc(-c5ccccc5)sc4c3)nc(-c3ccccc3)n2)cc1. The summed E-state index contributed by atoms with van der Waals surface area (Å²) in [4.78, 5) is 14.7. The number of aromatic nitrogens is 3. The van der Waals surface area contributed by atoms with Gasteiger partial charge in [-0.2, -0.15) is 0 Å². The molecule has 6 aromatic rings. The Morgan fingerprint density at radius 1 is 0.455 bits per heavy atom. The molecule has 2 aromatic heterocycles. The molecule has 156 valence electrons. The number of benzene rings is 4. The van der Waals surface area contributed by atoms with Gasteiger partial charge in [0.25, 0.3) is 0 Å². The number of fused-ring (bicyclic) bond motifs is 1. The molecule has 4 aromatic carbocycles. The van der Waals surface area contributed by atoms with Crippen LogP contribution in [0.1, 0.15) is 0 Å². The van der Waals surface area contributed by atoms with Crippen LogP contribution in [-0.4, -0.2) is 15.0 Å². The molecule has 0 bridgehead atoms. The lowest BCUT2D eigenvalue weighted by Gasteiger charge is -2.09. The van der Waals surface area contributed by atoms with Crippen LogP contribution >= 0.6 is 11.3 Å². The van der Waals surface area contributed by atoms with Crippen molar-refractivity contribution in [3.8, 4) is 44.5 Å². The number of hydrogen-bond acceptors (Lipinski definition) is 4. The van der Waals surface area contributed by atoms with Crippen LogP contribution in [0.25, 0.3) is 54.7 Å². The van der Waals surface area contributed by atoms with Crippen LogP contribution < -0.4 is 0 Å². The number of thiazole rings is 1. The molecular formula is C29H19N3S. The molecule has 0 saturated heterocycles. The van der Waals surface area contributed by atoms with Gasteiger partial charge < -0.3 is 0 Å². The molecule has 3 nitrogen and oxygen atoms in total. The molecule has 33 heavy (non-hydrogen) atoms. The predicted molar refractivity (Wildman–Crippen MR) is 137 cm³/mol. The third kappa shape index (κ3) is 3.93. The number of nitrogens with zero attached hydrogens (tertiary/aromatic N) is 3. The van der Waals surface area contributed by atoms with E-state index in [1.54, 1.807) is 11.3 Å². The normalized spacial score (nSPS) is 11.0. The van der Waals surface area contributed by atoms with E-state index in [2.05, 4.69) is 48.5 Å². The maximum atomic E-state index is 4.94. The van der Waals surface area contributed by atoms with Gasteiger partial charge in [-0.3, -0.25) is 0 Å². The van der Waals surface area contributed by atoms with E-state index in [9.17, 15) is 0 Å². The molecule has 0 amide bonds. The second-order valence-electron chi connectivity index (χ2n) is 7.76. The molecule has 0 N–H and O–H groups in total. The smallest absolute Gasteiger partial charge is 0.160 e. The highest BCUT2D eigenvalue weighted by molar-refractivity contribution is 7.21. The average molecular weight is 442 g/mol. The minimum absolute atomic E-state index is 0.723. The standard InChI is InChI=1S/C29H19N3S/c1-4-10-20(11-5-1)25-19-26(31-28(30-25)21-12-6-2-7-13-21)23-16-17-24-27(18-23)33-29(32-24)22-14-8-3-9-15-22/h1-19H. The fraction of sp³-hybridized carbons (Fsp3) is 0. The Kier molecular flexibility index (Phi) is 4.98. The van der Waals surface area contributed by atoms with E-state index in [0.717, 1.165) is 54.7 Å². The zero-order valence-corrected chi connectivity index (χ0v) is 18.5. The molecule has 0 aliphatic rings. The summed E-state index contributed by atoms with van der Waals surface area (Å²) in [6.07, 6.45) is 0. The average Bonchev–Trinajstić information content (AvgIpc) is 3.34. The largest absolute Gasteiger partial charge is 0.236 e. The van der Waals surface area contributed by atoms with Gasteiger partial charge in [-0.15, -0.1) is 11.3 Å². The third-order valence-corrected chi connectivity index (χ3v) is 6.60. The van der Waals surface area contributed by atoms with Gasteiger partial charge in [0.2, 0.25) is 0 Å². The van der Waals surface area contributed by atoms with Crippen LogP contribution in [0.4, 0.5) is 0 Å². The van der Waals surface area contributed by atoms with Gasteiger partial charge in [-0.1, -0.05) is 97.1 Å². The molecule has 0 atom stereocenters. The Balaban J connectivity index is 1.49. The van der Waals surface area contributed by atoms with Gasteiger partial charge in [-0.25, -0.2) is 15.0 Å². The highest BCUT2D eigenvalue weighted by Gasteiger charge is 2.12. The van der Waals surface area contributed by atoms with Crippen LogP contribution in [0.5, 0.6) is 0 Å². The van der Waals surface area contributed by atoms with Crippen LogP contribution in [0, 0.1) is 0 Å². The summed E-state index contributed by atoms with van der Waals surface area (Å²) in [5.74, 6) is 0.723. The quantitative estimate of drug-likeness (QED) is 0.281. The third-order valence-electron chi connectivity index (χ3n) is 5.53. The van der Waals surface area contributed by atoms with Crippen LogP contribution in [0.2, 0.25) is 0 Å². The van der Waals surface area contributed by atoms with Crippen molar-refractivity contribution in [3.05, 3.63) is 115 Å². The molecule has 0 radical (unpaired) electrons. The molecule has 6 rings (SSSR count). The monoisotopic (exact) mass is 441 g/mol. The van der Waals surface area contributed by atoms with Gasteiger partial charge in [0.15, 0.2) is 5.82 Å². The van der Waals surface area contributed by atoms with Crippen LogP contribution in [0.15, 0.2) is 115 Å². The molecule has 0 spiro atoms. The summed E-state index contributed by atoms with van der Waals surface area (Å²) in [7, 11) is 0. The highest BCUT2D eigenvalue weighted by Crippen LogP contribution is 2.34. The molecule has 0 fully saturated rings. The van der Waals surface area contributed by atoms with Crippen molar-refractivity contribution in [2.24, 2.45) is 0 Å². The topological polar surface area (TPSA) is 38.7 Å². The number of rotatable bonds is 4. The van der Waals surface area contributed by atoms with Gasteiger partial charge >= 0.3 is 0 Å². The summed E-state index contributed by atoms with van der Waals surface area (Å²) in [5.41, 5.74) is 7.09. The maximum Gasteiger partial charge on any atom is 0.160 e. The van der Waals surface area contributed by atoms with Crippen molar-refractivity contribution in [1.29, 1.82) is 0 Å². The van der Waals surface area contributed by atoms with Crippen molar-refractivity contribution in [2.75, 3.05) is 0 Å². The Labute approximate surface area is 196 Å². The summed E-state index contributed by atoms with van der Waals surface area (Å²) in [6, 6.07) is 39.1. The number of hydrogen-bond donors (Lipinski definition) is 0. The minimum Gasteiger partial charge on any atom is -0.236 e. The summed E-state index contributed by atoms with van der Waals surface area (Å²) < 4.78 is 1.15. The predicted octanol–water partition coefficient (Wildman–Crippen LogP) is 7.75. The van der Waals surface area contributed by atoms with E-state index in [4.69, 9.17) is 15.0 Å². The van der Waals surface area contributed by atoms with Gasteiger partial charge in [0.05, 0.1) is 21.6 Å². The van der Waals surface area contributed by atoms with Gasteiger partial charge in [0, 0.05) is 22.3 Å². The van der Waals surface area contributed by atoms with Crippen LogP contribution in [0.3, 0.4) is 0 Å². The zero-order valence-electron chi connectivity index (χ0n) is 17.7. The van der Waals surface area contributed by atoms with Crippen molar-refractivity contribution >= 4 is 21.6 Å². The molecule has 0 saturated carbocycles. The second kappa shape index (κ2) is 8.41. The lowest BCUT2D eigenvalue weighted by Crippen LogP contribution is -1.95. The molecule has 4 heteroatoms. The van der Waals surface area contributed by atoms with Gasteiger partial charge in [-0.05, 0) is 18.2 Å². The summed E-state index contributed by atoms with van der Waals surface area (Å²) in [6.45, 7) is 0. The van der Waals surface area contributed by atoms with E-state index in [1.807, 2.05) is 66.7 Å². The fourth-order valence-electron chi connectivity index (χ4n) is 3.86. The van der Waals surface area contributed by atoms with Crippen molar-refractivity contribution < 1.29 is 0 Å². The Hall–Kier alpha value is -4.15. The van der Waals surface area contributed by atoms with E-state index >= 15 is 0 Å². The van der Waals surface area contributed by atoms with Crippen LogP contribution in [-0.2, 0) is 0 Å². The summed E-state index contributed by atoms with van der Waals surface area (Å²) >= 11 is 1.71. The minimum atomic E-state index is 0.723. The van der Waals surface area contributed by atoms with Crippen molar-refractivity contribution in [3.63, 3.8) is 0 Å². The Morgan fingerprint density at radius 2 is 1.03 bits per heavy atom. The first kappa shape index (κ1) is 19.5. The second-order valence-corrected chi connectivity index (χ2v) is 8.79. The van der Waals surface area contributed by atoms with Crippen molar-refractivity contribution in [2.45, 2.75) is 0 Å². The maximum absolute atomic E-state index is 4.94. The fourth-order valence-corrected chi connectivity index (χ4v) is 4.87. The van der Waals surface area contributed by atoms with E-state index in [-0.39, 0.29) is 0 Å².